The molecule has 0 atom stereocenters. The van der Waals surface area contributed by atoms with Crippen molar-refractivity contribution in [2.45, 2.75) is 38.3 Å². The van der Waals surface area contributed by atoms with Gasteiger partial charge in [0.15, 0.2) is 0 Å². The Bertz CT molecular complexity index is 655. The summed E-state index contributed by atoms with van der Waals surface area (Å²) in [5.41, 5.74) is 1.65. The molecule has 0 N–H and O–H groups in total. The van der Waals surface area contributed by atoms with Crippen LogP contribution >= 0.6 is 27.5 Å². The Morgan fingerprint density at radius 3 is 2.90 bits per heavy atom. The molecule has 0 saturated heterocycles. The highest BCUT2D eigenvalue weighted by atomic mass is 79.9. The highest BCUT2D eigenvalue weighted by Gasteiger charge is 2.33. The summed E-state index contributed by atoms with van der Waals surface area (Å²) in [6.07, 6.45) is 2.96. The van der Waals surface area contributed by atoms with Gasteiger partial charge in [0.2, 0.25) is 0 Å². The molecule has 1 aliphatic carbocycles. The Balaban J connectivity index is 1.98. The van der Waals surface area contributed by atoms with E-state index < -0.39 is 0 Å². The van der Waals surface area contributed by atoms with Crippen molar-refractivity contribution >= 4 is 38.6 Å². The molecule has 0 bridgehead atoms. The van der Waals surface area contributed by atoms with E-state index in [1.807, 2.05) is 13.0 Å². The van der Waals surface area contributed by atoms with Gasteiger partial charge in [-0.15, -0.1) is 11.6 Å². The maximum atomic E-state index is 13.7. The molecule has 1 aromatic heterocycles. The van der Waals surface area contributed by atoms with Crippen molar-refractivity contribution in [3.05, 3.63) is 28.2 Å². The molecular weight excluding hydrogens is 359 g/mol. The van der Waals surface area contributed by atoms with Gasteiger partial charge >= 0.3 is 0 Å². The number of rotatable bonds is 5. The first-order chi connectivity index (χ1) is 10.1. The minimum atomic E-state index is -0.287. The van der Waals surface area contributed by atoms with E-state index in [2.05, 4.69) is 25.5 Å². The Morgan fingerprint density at radius 1 is 1.48 bits per heavy atom. The van der Waals surface area contributed by atoms with Crippen LogP contribution in [0.15, 0.2) is 16.6 Å². The number of hydrogen-bond donors (Lipinski definition) is 0. The molecule has 21 heavy (non-hydrogen) atoms. The zero-order valence-corrected chi connectivity index (χ0v) is 14.1. The van der Waals surface area contributed by atoms with E-state index in [0.717, 1.165) is 30.8 Å². The molecule has 1 aromatic carbocycles. The minimum Gasteiger partial charge on any atom is -0.378 e. The highest BCUT2D eigenvalue weighted by molar-refractivity contribution is 9.10. The fourth-order valence-electron chi connectivity index (χ4n) is 2.93. The van der Waals surface area contributed by atoms with E-state index >= 15 is 0 Å². The SMILES string of the molecule is CCOC1CC(n2c(CCCl)nc3cc(F)c(Br)cc32)C1. The second kappa shape index (κ2) is 6.23. The second-order valence-electron chi connectivity index (χ2n) is 5.29. The molecule has 0 radical (unpaired) electrons. The Labute approximate surface area is 136 Å². The van der Waals surface area contributed by atoms with Gasteiger partial charge in [0.25, 0.3) is 0 Å². The first-order valence-corrected chi connectivity index (χ1v) is 8.50. The molecular formula is C15H17BrClFN2O. The summed E-state index contributed by atoms with van der Waals surface area (Å²) < 4.78 is 22.0. The number of imidazole rings is 1. The molecule has 3 nitrogen and oxygen atoms in total. The maximum absolute atomic E-state index is 13.7. The maximum Gasteiger partial charge on any atom is 0.139 e. The van der Waals surface area contributed by atoms with Crippen LogP contribution in [0.3, 0.4) is 0 Å². The van der Waals surface area contributed by atoms with Crippen LogP contribution in [0.2, 0.25) is 0 Å². The third-order valence-electron chi connectivity index (χ3n) is 3.96. The molecule has 0 spiro atoms. The number of ether oxygens (including phenoxy) is 1. The van der Waals surface area contributed by atoms with Crippen molar-refractivity contribution in [1.29, 1.82) is 0 Å². The van der Waals surface area contributed by atoms with Gasteiger partial charge in [0.05, 0.1) is 21.6 Å². The third kappa shape index (κ3) is 2.83. The van der Waals surface area contributed by atoms with Crippen molar-refractivity contribution in [3.8, 4) is 0 Å². The number of hydrogen-bond acceptors (Lipinski definition) is 2. The van der Waals surface area contributed by atoms with Gasteiger partial charge in [-0.25, -0.2) is 9.37 Å². The van der Waals surface area contributed by atoms with Crippen LogP contribution in [0.4, 0.5) is 4.39 Å². The lowest BCUT2D eigenvalue weighted by atomic mass is 9.88. The predicted octanol–water partition coefficient (Wildman–Crippen LogP) is 4.46. The average Bonchev–Trinajstić information content (AvgIpc) is 2.72. The third-order valence-corrected chi connectivity index (χ3v) is 4.76. The van der Waals surface area contributed by atoms with Crippen LogP contribution < -0.4 is 0 Å². The summed E-state index contributed by atoms with van der Waals surface area (Å²) in [5.74, 6) is 1.15. The van der Waals surface area contributed by atoms with Crippen molar-refractivity contribution in [1.82, 2.24) is 9.55 Å². The van der Waals surface area contributed by atoms with E-state index in [9.17, 15) is 4.39 Å². The summed E-state index contributed by atoms with van der Waals surface area (Å²) >= 11 is 9.14. The van der Waals surface area contributed by atoms with E-state index in [-0.39, 0.29) is 5.82 Å². The summed E-state index contributed by atoms with van der Waals surface area (Å²) in [4.78, 5) is 4.56. The van der Waals surface area contributed by atoms with Crippen molar-refractivity contribution < 1.29 is 9.13 Å². The minimum absolute atomic E-state index is 0.287. The van der Waals surface area contributed by atoms with E-state index in [0.29, 0.717) is 34.4 Å². The fraction of sp³-hybridized carbons (Fsp3) is 0.533. The lowest BCUT2D eigenvalue weighted by Crippen LogP contribution is -2.34. The summed E-state index contributed by atoms with van der Waals surface area (Å²) in [7, 11) is 0. The molecule has 114 valence electrons. The van der Waals surface area contributed by atoms with Gasteiger partial charge in [0, 0.05) is 31.0 Å². The molecule has 1 aliphatic rings. The molecule has 1 fully saturated rings. The Morgan fingerprint density at radius 2 is 2.24 bits per heavy atom. The second-order valence-corrected chi connectivity index (χ2v) is 6.53. The average molecular weight is 376 g/mol. The first kappa shape index (κ1) is 15.3. The number of halogens is 3. The van der Waals surface area contributed by atoms with Crippen LogP contribution in [0, 0.1) is 5.82 Å². The lowest BCUT2D eigenvalue weighted by Gasteiger charge is -2.37. The number of nitrogens with zero attached hydrogens (tertiary/aromatic N) is 2. The van der Waals surface area contributed by atoms with Gasteiger partial charge in [-0.05, 0) is 41.8 Å². The monoisotopic (exact) mass is 374 g/mol. The predicted molar refractivity (Wildman–Crippen MR) is 85.5 cm³/mol. The van der Waals surface area contributed by atoms with Crippen LogP contribution in [-0.2, 0) is 11.2 Å². The molecule has 0 unspecified atom stereocenters. The first-order valence-electron chi connectivity index (χ1n) is 7.17. The molecule has 3 rings (SSSR count). The van der Waals surface area contributed by atoms with Crippen molar-refractivity contribution in [3.63, 3.8) is 0 Å². The van der Waals surface area contributed by atoms with Crippen LogP contribution in [-0.4, -0.2) is 28.1 Å². The topological polar surface area (TPSA) is 27.1 Å². The molecule has 1 heterocycles. The smallest absolute Gasteiger partial charge is 0.139 e. The molecule has 0 aliphatic heterocycles. The molecule has 1 saturated carbocycles. The number of aryl methyl sites for hydroxylation is 1. The summed E-state index contributed by atoms with van der Waals surface area (Å²) in [6.45, 7) is 2.76. The largest absolute Gasteiger partial charge is 0.378 e. The van der Waals surface area contributed by atoms with Gasteiger partial charge < -0.3 is 9.30 Å². The van der Waals surface area contributed by atoms with Gasteiger partial charge in [-0.3, -0.25) is 0 Å². The molecule has 0 amide bonds. The fourth-order valence-corrected chi connectivity index (χ4v) is 3.43. The molecule has 6 heteroatoms. The highest BCUT2D eigenvalue weighted by Crippen LogP contribution is 2.38. The summed E-state index contributed by atoms with van der Waals surface area (Å²) in [6, 6.07) is 3.65. The van der Waals surface area contributed by atoms with Crippen molar-refractivity contribution in [2.24, 2.45) is 0 Å². The van der Waals surface area contributed by atoms with E-state index in [1.54, 1.807) is 0 Å². The van der Waals surface area contributed by atoms with Crippen LogP contribution in [0.1, 0.15) is 31.6 Å². The Kier molecular flexibility index (Phi) is 4.52. The van der Waals surface area contributed by atoms with Crippen LogP contribution in [0.25, 0.3) is 11.0 Å². The van der Waals surface area contributed by atoms with E-state index in [4.69, 9.17) is 16.3 Å². The number of benzene rings is 1. The standard InChI is InChI=1S/C15H17BrClFN2O/c1-2-21-10-5-9(6-10)20-14-7-11(16)12(18)8-13(14)19-15(20)3-4-17/h7-10H,2-6H2,1H3. The number of alkyl halides is 1. The number of aromatic nitrogens is 2. The van der Waals surface area contributed by atoms with E-state index in [1.165, 1.54) is 6.07 Å². The lowest BCUT2D eigenvalue weighted by molar-refractivity contribution is -0.0192. The zero-order valence-electron chi connectivity index (χ0n) is 11.8. The Hall–Kier alpha value is -0.650. The quantitative estimate of drug-likeness (QED) is 0.722. The summed E-state index contributed by atoms with van der Waals surface area (Å²) in [5, 5.41) is 0. The normalized spacial score (nSPS) is 21.7. The van der Waals surface area contributed by atoms with Gasteiger partial charge in [-0.2, -0.15) is 0 Å². The van der Waals surface area contributed by atoms with Crippen molar-refractivity contribution in [2.75, 3.05) is 12.5 Å². The van der Waals surface area contributed by atoms with Crippen LogP contribution in [0.5, 0.6) is 0 Å². The zero-order chi connectivity index (χ0) is 15.0. The number of fused-ring (bicyclic) bond motifs is 1. The van der Waals surface area contributed by atoms with Gasteiger partial charge in [-0.1, -0.05) is 0 Å². The van der Waals surface area contributed by atoms with Gasteiger partial charge in [0.1, 0.15) is 11.6 Å². The molecule has 2 aromatic rings.